The number of esters is 1. The third kappa shape index (κ3) is 2.84. The van der Waals surface area contributed by atoms with Crippen molar-refractivity contribution in [1.82, 2.24) is 0 Å². The minimum absolute atomic E-state index is 0.110. The van der Waals surface area contributed by atoms with Crippen molar-refractivity contribution >= 4 is 5.97 Å². The van der Waals surface area contributed by atoms with Gasteiger partial charge >= 0.3 is 5.97 Å². The fourth-order valence-corrected chi connectivity index (χ4v) is 3.09. The number of allylic oxidation sites excluding steroid dienone is 2. The van der Waals surface area contributed by atoms with Gasteiger partial charge in [-0.1, -0.05) is 26.0 Å². The molecule has 19 heavy (non-hydrogen) atoms. The van der Waals surface area contributed by atoms with E-state index in [0.29, 0.717) is 32.2 Å². The molecule has 0 bridgehead atoms. The minimum atomic E-state index is -0.216. The highest BCUT2D eigenvalue weighted by Crippen LogP contribution is 2.48. The average molecular weight is 268 g/mol. The van der Waals surface area contributed by atoms with Crippen LogP contribution in [0.1, 0.15) is 33.6 Å². The molecule has 2 aliphatic rings. The minimum Gasteiger partial charge on any atom is -0.466 e. The predicted octanol–water partition coefficient (Wildman–Crippen LogP) is 2.53. The monoisotopic (exact) mass is 268 g/mol. The normalized spacial score (nSPS) is 35.5. The first kappa shape index (κ1) is 14.5. The molecule has 1 saturated heterocycles. The molecule has 1 aliphatic heterocycles. The summed E-state index contributed by atoms with van der Waals surface area (Å²) in [4.78, 5) is 11.8. The molecule has 0 radical (unpaired) electrons. The van der Waals surface area contributed by atoms with Gasteiger partial charge in [-0.05, 0) is 25.2 Å². The molecule has 0 aromatic rings. The third-order valence-corrected chi connectivity index (χ3v) is 4.54. The number of carbonyl (C=O) groups is 1. The van der Waals surface area contributed by atoms with Crippen LogP contribution < -0.4 is 0 Å². The van der Waals surface area contributed by atoms with E-state index in [9.17, 15) is 4.79 Å². The van der Waals surface area contributed by atoms with Crippen molar-refractivity contribution in [1.29, 1.82) is 0 Å². The summed E-state index contributed by atoms with van der Waals surface area (Å²) < 4.78 is 16.5. The van der Waals surface area contributed by atoms with Gasteiger partial charge in [0.05, 0.1) is 26.2 Å². The molecule has 0 unspecified atom stereocenters. The van der Waals surface area contributed by atoms with Crippen LogP contribution in [-0.2, 0) is 19.0 Å². The number of ether oxygens (including phenoxy) is 3. The topological polar surface area (TPSA) is 44.8 Å². The van der Waals surface area contributed by atoms with Crippen LogP contribution in [0.4, 0.5) is 0 Å². The number of hydrogen-bond donors (Lipinski definition) is 0. The lowest BCUT2D eigenvalue weighted by atomic mass is 9.63. The molecule has 4 nitrogen and oxygen atoms in total. The van der Waals surface area contributed by atoms with E-state index in [-0.39, 0.29) is 23.6 Å². The van der Waals surface area contributed by atoms with Gasteiger partial charge in [0.25, 0.3) is 0 Å². The van der Waals surface area contributed by atoms with E-state index < -0.39 is 0 Å². The Kier molecular flexibility index (Phi) is 4.63. The van der Waals surface area contributed by atoms with Crippen molar-refractivity contribution in [2.24, 2.45) is 17.3 Å². The fraction of sp³-hybridized carbons (Fsp3) is 0.800. The molecule has 1 fully saturated rings. The first-order valence-electron chi connectivity index (χ1n) is 7.14. The van der Waals surface area contributed by atoms with E-state index in [4.69, 9.17) is 14.2 Å². The summed E-state index contributed by atoms with van der Waals surface area (Å²) in [6.45, 7) is 7.91. The van der Waals surface area contributed by atoms with Gasteiger partial charge in [-0.3, -0.25) is 4.79 Å². The first-order valence-corrected chi connectivity index (χ1v) is 7.14. The molecule has 3 atom stereocenters. The quantitative estimate of drug-likeness (QED) is 0.580. The van der Waals surface area contributed by atoms with Gasteiger partial charge in [-0.15, -0.1) is 0 Å². The smallest absolute Gasteiger partial charge is 0.306 e. The molecular formula is C15H24O4. The van der Waals surface area contributed by atoms with Crippen molar-refractivity contribution in [3.63, 3.8) is 0 Å². The van der Waals surface area contributed by atoms with Crippen LogP contribution in [0.5, 0.6) is 0 Å². The zero-order valence-electron chi connectivity index (χ0n) is 12.1. The standard InChI is InChI=1S/C15H24O4/c1-4-17-13(16)10-12-7-5-6-11(2)15(12,3)14-18-8-9-19-14/h5,7,11-12,14H,4,6,8-10H2,1-3H3/t11-,12+,15+/m0/s1. The number of rotatable bonds is 4. The van der Waals surface area contributed by atoms with Gasteiger partial charge < -0.3 is 14.2 Å². The molecule has 0 spiro atoms. The van der Waals surface area contributed by atoms with Crippen molar-refractivity contribution in [2.75, 3.05) is 19.8 Å². The van der Waals surface area contributed by atoms with Crippen LogP contribution >= 0.6 is 0 Å². The lowest BCUT2D eigenvalue weighted by molar-refractivity contribution is -0.171. The summed E-state index contributed by atoms with van der Waals surface area (Å²) in [5.74, 6) is 0.383. The van der Waals surface area contributed by atoms with Crippen molar-refractivity contribution < 1.29 is 19.0 Å². The molecule has 0 aromatic carbocycles. The van der Waals surface area contributed by atoms with Gasteiger partial charge in [-0.2, -0.15) is 0 Å². The molecule has 0 N–H and O–H groups in total. The van der Waals surface area contributed by atoms with E-state index in [2.05, 4.69) is 26.0 Å². The summed E-state index contributed by atoms with van der Waals surface area (Å²) >= 11 is 0. The molecular weight excluding hydrogens is 244 g/mol. The zero-order chi connectivity index (χ0) is 13.9. The van der Waals surface area contributed by atoms with E-state index in [1.807, 2.05) is 6.92 Å². The Morgan fingerprint density at radius 2 is 2.11 bits per heavy atom. The Morgan fingerprint density at radius 3 is 2.74 bits per heavy atom. The molecule has 0 aromatic heterocycles. The SMILES string of the molecule is CCOC(=O)C[C@H]1C=CC[C@H](C)[C@@]1(C)C1OCCO1. The Bertz CT molecular complexity index is 346. The molecule has 1 heterocycles. The zero-order valence-corrected chi connectivity index (χ0v) is 12.1. The Balaban J connectivity index is 2.15. The van der Waals surface area contributed by atoms with Crippen LogP contribution in [0.25, 0.3) is 0 Å². The molecule has 0 amide bonds. The van der Waals surface area contributed by atoms with Gasteiger partial charge in [-0.25, -0.2) is 0 Å². The van der Waals surface area contributed by atoms with Gasteiger partial charge in [0.2, 0.25) is 0 Å². The van der Waals surface area contributed by atoms with E-state index in [1.165, 1.54) is 0 Å². The second-order valence-corrected chi connectivity index (χ2v) is 5.62. The summed E-state index contributed by atoms with van der Waals surface area (Å²) in [5, 5.41) is 0. The Morgan fingerprint density at radius 1 is 1.42 bits per heavy atom. The summed E-state index contributed by atoms with van der Waals surface area (Å²) in [5.41, 5.74) is -0.169. The number of carbonyl (C=O) groups excluding carboxylic acids is 1. The van der Waals surface area contributed by atoms with E-state index in [1.54, 1.807) is 0 Å². The van der Waals surface area contributed by atoms with Gasteiger partial charge in [0, 0.05) is 5.41 Å². The summed E-state index contributed by atoms with van der Waals surface area (Å²) in [6, 6.07) is 0. The van der Waals surface area contributed by atoms with Crippen LogP contribution in [0, 0.1) is 17.3 Å². The third-order valence-electron chi connectivity index (χ3n) is 4.54. The van der Waals surface area contributed by atoms with Crippen LogP contribution in [-0.4, -0.2) is 32.1 Å². The maximum absolute atomic E-state index is 11.8. The lowest BCUT2D eigenvalue weighted by Gasteiger charge is -2.45. The summed E-state index contributed by atoms with van der Waals surface area (Å²) in [6.07, 6.45) is 5.47. The highest BCUT2D eigenvalue weighted by molar-refractivity contribution is 5.70. The maximum atomic E-state index is 11.8. The Labute approximate surface area is 115 Å². The fourth-order valence-electron chi connectivity index (χ4n) is 3.09. The van der Waals surface area contributed by atoms with Crippen molar-refractivity contribution in [2.45, 2.75) is 39.9 Å². The van der Waals surface area contributed by atoms with E-state index >= 15 is 0 Å². The molecule has 108 valence electrons. The molecule has 1 aliphatic carbocycles. The van der Waals surface area contributed by atoms with Crippen molar-refractivity contribution in [3.05, 3.63) is 12.2 Å². The second-order valence-electron chi connectivity index (χ2n) is 5.62. The predicted molar refractivity (Wildman–Crippen MR) is 71.5 cm³/mol. The van der Waals surface area contributed by atoms with Gasteiger partial charge in [0.1, 0.15) is 0 Å². The lowest BCUT2D eigenvalue weighted by Crippen LogP contribution is -2.46. The van der Waals surface area contributed by atoms with Gasteiger partial charge in [0.15, 0.2) is 6.29 Å². The highest BCUT2D eigenvalue weighted by atomic mass is 16.7. The van der Waals surface area contributed by atoms with Crippen LogP contribution in [0.2, 0.25) is 0 Å². The maximum Gasteiger partial charge on any atom is 0.306 e. The van der Waals surface area contributed by atoms with Crippen molar-refractivity contribution in [3.8, 4) is 0 Å². The highest BCUT2D eigenvalue weighted by Gasteiger charge is 2.49. The second kappa shape index (κ2) is 6.06. The molecule has 0 saturated carbocycles. The first-order chi connectivity index (χ1) is 9.09. The van der Waals surface area contributed by atoms with Crippen LogP contribution in [0.15, 0.2) is 12.2 Å². The number of hydrogen-bond acceptors (Lipinski definition) is 4. The summed E-state index contributed by atoms with van der Waals surface area (Å²) in [7, 11) is 0. The largest absolute Gasteiger partial charge is 0.466 e. The molecule has 2 rings (SSSR count). The van der Waals surface area contributed by atoms with Crippen LogP contribution in [0.3, 0.4) is 0 Å². The van der Waals surface area contributed by atoms with E-state index in [0.717, 1.165) is 6.42 Å². The molecule has 4 heteroatoms. The average Bonchev–Trinajstić information content (AvgIpc) is 2.89. The Hall–Kier alpha value is -0.870.